The zero-order valence-corrected chi connectivity index (χ0v) is 11.4. The van der Waals surface area contributed by atoms with Crippen molar-refractivity contribution in [3.8, 4) is 0 Å². The summed E-state index contributed by atoms with van der Waals surface area (Å²) in [6.45, 7) is 1.11. The SMILES string of the molecule is COCc1nc(N(C)C2CCCC2)sc1CN. The zero-order chi connectivity index (χ0) is 12.3. The molecule has 0 saturated heterocycles. The van der Waals surface area contributed by atoms with Crippen LogP contribution in [0.4, 0.5) is 5.13 Å². The van der Waals surface area contributed by atoms with Crippen LogP contribution in [0.5, 0.6) is 0 Å². The number of nitrogens with zero attached hydrogens (tertiary/aromatic N) is 2. The van der Waals surface area contributed by atoms with Gasteiger partial charge in [-0.15, -0.1) is 11.3 Å². The van der Waals surface area contributed by atoms with Crippen LogP contribution in [0.15, 0.2) is 0 Å². The van der Waals surface area contributed by atoms with Crippen LogP contribution in [0.1, 0.15) is 36.3 Å². The Labute approximate surface area is 107 Å². The van der Waals surface area contributed by atoms with Gasteiger partial charge in [-0.05, 0) is 12.8 Å². The molecule has 0 radical (unpaired) electrons. The molecule has 1 heterocycles. The Hall–Kier alpha value is -0.650. The molecule has 1 saturated carbocycles. The highest BCUT2D eigenvalue weighted by molar-refractivity contribution is 7.15. The van der Waals surface area contributed by atoms with E-state index in [1.165, 1.54) is 25.7 Å². The lowest BCUT2D eigenvalue weighted by atomic mass is 10.2. The van der Waals surface area contributed by atoms with Crippen molar-refractivity contribution in [2.24, 2.45) is 5.73 Å². The number of rotatable bonds is 5. The van der Waals surface area contributed by atoms with E-state index in [-0.39, 0.29) is 0 Å². The minimum atomic E-state index is 0.550. The molecule has 2 N–H and O–H groups in total. The standard InChI is InChI=1S/C12H21N3OS/c1-15(9-5-3-4-6-9)12-14-10(8-16-2)11(7-13)17-12/h9H,3-8,13H2,1-2H3. The summed E-state index contributed by atoms with van der Waals surface area (Å²) >= 11 is 1.70. The fraction of sp³-hybridized carbons (Fsp3) is 0.750. The molecule has 4 nitrogen and oxygen atoms in total. The second-order valence-corrected chi connectivity index (χ2v) is 5.61. The second kappa shape index (κ2) is 5.80. The van der Waals surface area contributed by atoms with Crippen LogP contribution >= 0.6 is 11.3 Å². The highest BCUT2D eigenvalue weighted by atomic mass is 32.1. The summed E-state index contributed by atoms with van der Waals surface area (Å²) in [6.07, 6.45) is 5.26. The van der Waals surface area contributed by atoms with E-state index in [9.17, 15) is 0 Å². The lowest BCUT2D eigenvalue weighted by Gasteiger charge is -2.23. The Balaban J connectivity index is 2.14. The first-order chi connectivity index (χ1) is 8.26. The number of hydrogen-bond donors (Lipinski definition) is 1. The molecule has 0 spiro atoms. The molecular weight excluding hydrogens is 234 g/mol. The lowest BCUT2D eigenvalue weighted by Crippen LogP contribution is -2.28. The highest BCUT2D eigenvalue weighted by Crippen LogP contribution is 2.31. The minimum absolute atomic E-state index is 0.550. The van der Waals surface area contributed by atoms with Crippen molar-refractivity contribution < 1.29 is 4.74 Å². The van der Waals surface area contributed by atoms with Gasteiger partial charge in [-0.1, -0.05) is 12.8 Å². The van der Waals surface area contributed by atoms with E-state index < -0.39 is 0 Å². The average Bonchev–Trinajstić information content (AvgIpc) is 2.97. The van der Waals surface area contributed by atoms with Gasteiger partial charge in [0.25, 0.3) is 0 Å². The molecule has 1 aromatic rings. The maximum absolute atomic E-state index is 5.74. The van der Waals surface area contributed by atoms with Gasteiger partial charge in [0, 0.05) is 31.6 Å². The molecule has 17 heavy (non-hydrogen) atoms. The molecule has 2 rings (SSSR count). The summed E-state index contributed by atoms with van der Waals surface area (Å²) < 4.78 is 5.16. The van der Waals surface area contributed by atoms with E-state index in [1.54, 1.807) is 18.4 Å². The van der Waals surface area contributed by atoms with Crippen molar-refractivity contribution in [2.45, 2.75) is 44.9 Å². The fourth-order valence-corrected chi connectivity index (χ4v) is 3.35. The Kier molecular flexibility index (Phi) is 4.36. The maximum Gasteiger partial charge on any atom is 0.185 e. The number of nitrogens with two attached hydrogens (primary N) is 1. The molecule has 1 aromatic heterocycles. The number of ether oxygens (including phenoxy) is 1. The third kappa shape index (κ3) is 2.78. The quantitative estimate of drug-likeness (QED) is 0.875. The Morgan fingerprint density at radius 3 is 2.76 bits per heavy atom. The molecule has 1 aliphatic rings. The lowest BCUT2D eigenvalue weighted by molar-refractivity contribution is 0.181. The number of hydrogen-bond acceptors (Lipinski definition) is 5. The predicted octanol–water partition coefficient (Wildman–Crippen LogP) is 2.13. The van der Waals surface area contributed by atoms with Crippen molar-refractivity contribution in [3.05, 3.63) is 10.6 Å². The molecule has 0 amide bonds. The third-order valence-corrected chi connectivity index (χ3v) is 4.62. The summed E-state index contributed by atoms with van der Waals surface area (Å²) in [5, 5.41) is 1.09. The molecule has 96 valence electrons. The Morgan fingerprint density at radius 1 is 1.47 bits per heavy atom. The Morgan fingerprint density at radius 2 is 2.18 bits per heavy atom. The summed E-state index contributed by atoms with van der Waals surface area (Å²) in [4.78, 5) is 8.12. The van der Waals surface area contributed by atoms with Crippen LogP contribution in [0.3, 0.4) is 0 Å². The smallest absolute Gasteiger partial charge is 0.185 e. The van der Waals surface area contributed by atoms with Gasteiger partial charge in [-0.25, -0.2) is 4.98 Å². The molecule has 1 aliphatic carbocycles. The van der Waals surface area contributed by atoms with Crippen LogP contribution < -0.4 is 10.6 Å². The largest absolute Gasteiger partial charge is 0.378 e. The predicted molar refractivity (Wildman–Crippen MR) is 71.4 cm³/mol. The number of thiazole rings is 1. The molecule has 0 bridgehead atoms. The van der Waals surface area contributed by atoms with Gasteiger partial charge in [0.15, 0.2) is 5.13 Å². The van der Waals surface area contributed by atoms with Crippen molar-refractivity contribution in [2.75, 3.05) is 19.1 Å². The maximum atomic E-state index is 5.74. The van der Waals surface area contributed by atoms with Gasteiger partial charge in [0.1, 0.15) is 0 Å². The fourth-order valence-electron chi connectivity index (χ4n) is 2.38. The number of methoxy groups -OCH3 is 1. The summed E-state index contributed by atoms with van der Waals surface area (Å²) in [5.41, 5.74) is 6.74. The summed E-state index contributed by atoms with van der Waals surface area (Å²) in [7, 11) is 3.84. The zero-order valence-electron chi connectivity index (χ0n) is 10.6. The van der Waals surface area contributed by atoms with Gasteiger partial charge in [-0.2, -0.15) is 0 Å². The molecule has 5 heteroatoms. The van der Waals surface area contributed by atoms with Gasteiger partial charge < -0.3 is 15.4 Å². The van der Waals surface area contributed by atoms with Gasteiger partial charge >= 0.3 is 0 Å². The van der Waals surface area contributed by atoms with Gasteiger partial charge in [-0.3, -0.25) is 0 Å². The van der Waals surface area contributed by atoms with E-state index >= 15 is 0 Å². The summed E-state index contributed by atoms with van der Waals surface area (Å²) in [6, 6.07) is 0.655. The number of anilines is 1. The molecule has 0 aromatic carbocycles. The second-order valence-electron chi connectivity index (χ2n) is 4.55. The summed E-state index contributed by atoms with van der Waals surface area (Å²) in [5.74, 6) is 0. The van der Waals surface area contributed by atoms with E-state index in [0.717, 1.165) is 15.7 Å². The van der Waals surface area contributed by atoms with E-state index in [1.807, 2.05) is 0 Å². The topological polar surface area (TPSA) is 51.4 Å². The first-order valence-electron chi connectivity index (χ1n) is 6.16. The van der Waals surface area contributed by atoms with Crippen LogP contribution in [0, 0.1) is 0 Å². The normalized spacial score (nSPS) is 16.6. The van der Waals surface area contributed by atoms with E-state index in [2.05, 4.69) is 16.9 Å². The molecule has 0 unspecified atom stereocenters. The van der Waals surface area contributed by atoms with Crippen LogP contribution in [0.2, 0.25) is 0 Å². The van der Waals surface area contributed by atoms with Gasteiger partial charge in [0.2, 0.25) is 0 Å². The molecule has 0 atom stereocenters. The van der Waals surface area contributed by atoms with E-state index in [4.69, 9.17) is 10.5 Å². The van der Waals surface area contributed by atoms with Crippen molar-refractivity contribution >= 4 is 16.5 Å². The first kappa shape index (κ1) is 12.8. The van der Waals surface area contributed by atoms with Crippen molar-refractivity contribution in [3.63, 3.8) is 0 Å². The van der Waals surface area contributed by atoms with Crippen LogP contribution in [0.25, 0.3) is 0 Å². The monoisotopic (exact) mass is 255 g/mol. The van der Waals surface area contributed by atoms with Crippen molar-refractivity contribution in [1.82, 2.24) is 4.98 Å². The Bertz CT molecular complexity index is 361. The van der Waals surface area contributed by atoms with Gasteiger partial charge in [0.05, 0.1) is 12.3 Å². The van der Waals surface area contributed by atoms with Crippen LogP contribution in [-0.4, -0.2) is 25.2 Å². The third-order valence-electron chi connectivity index (χ3n) is 3.41. The molecule has 0 aliphatic heterocycles. The van der Waals surface area contributed by atoms with Crippen LogP contribution in [-0.2, 0) is 17.9 Å². The average molecular weight is 255 g/mol. The molecular formula is C12H21N3OS. The highest BCUT2D eigenvalue weighted by Gasteiger charge is 2.23. The first-order valence-corrected chi connectivity index (χ1v) is 6.98. The molecule has 1 fully saturated rings. The van der Waals surface area contributed by atoms with Crippen molar-refractivity contribution in [1.29, 1.82) is 0 Å². The van der Waals surface area contributed by atoms with E-state index in [0.29, 0.717) is 19.2 Å². The number of aromatic nitrogens is 1. The minimum Gasteiger partial charge on any atom is -0.378 e.